The summed E-state index contributed by atoms with van der Waals surface area (Å²) < 4.78 is 7.48. The molecule has 1 atom stereocenters. The van der Waals surface area contributed by atoms with E-state index in [4.69, 9.17) is 4.74 Å². The molecule has 39 heavy (non-hydrogen) atoms. The molecule has 2 aliphatic rings. The zero-order valence-corrected chi connectivity index (χ0v) is 24.0. The quantitative estimate of drug-likeness (QED) is 0.359. The van der Waals surface area contributed by atoms with Crippen molar-refractivity contribution in [3.8, 4) is 0 Å². The molecule has 208 valence electrons. The van der Waals surface area contributed by atoms with Crippen LogP contribution in [0.2, 0.25) is 0 Å². The van der Waals surface area contributed by atoms with Crippen LogP contribution < -0.4 is 16.2 Å². The lowest BCUT2D eigenvalue weighted by Gasteiger charge is -2.35. The van der Waals surface area contributed by atoms with Crippen molar-refractivity contribution in [2.75, 3.05) is 19.5 Å². The number of carbonyl (C=O) groups excluding carboxylic acids is 2. The molecule has 0 bridgehead atoms. The van der Waals surface area contributed by atoms with Crippen molar-refractivity contribution in [3.05, 3.63) is 63.2 Å². The fourth-order valence-corrected chi connectivity index (χ4v) is 6.91. The van der Waals surface area contributed by atoms with Crippen LogP contribution in [0.4, 0.5) is 0 Å². The molecule has 2 aromatic heterocycles. The Morgan fingerprint density at radius 1 is 1.15 bits per heavy atom. The smallest absolute Gasteiger partial charge is 0.254 e. The molecule has 5 rings (SSSR count). The summed E-state index contributed by atoms with van der Waals surface area (Å²) in [5, 5.41) is 7.05. The SMILES string of the molecule is CSc1cc(C)[nH]c(=O)c1CNC(=O)c1c(C)n([C@H](C)[C@H]2CC[C@@H](C(=O)NC3COC3)CC2)c2ccccc12. The Kier molecular flexibility index (Phi) is 8.19. The van der Waals surface area contributed by atoms with Crippen LogP contribution in [0.5, 0.6) is 0 Å². The van der Waals surface area contributed by atoms with Crippen LogP contribution in [0.1, 0.15) is 66.0 Å². The van der Waals surface area contributed by atoms with Gasteiger partial charge in [0.2, 0.25) is 5.91 Å². The summed E-state index contributed by atoms with van der Waals surface area (Å²) in [5.41, 5.74) is 3.82. The number of hydrogen-bond acceptors (Lipinski definition) is 5. The molecule has 3 N–H and O–H groups in total. The Bertz CT molecular complexity index is 1430. The van der Waals surface area contributed by atoms with Crippen LogP contribution in [-0.4, -0.2) is 46.9 Å². The first kappa shape index (κ1) is 27.5. The van der Waals surface area contributed by atoms with Crippen LogP contribution in [-0.2, 0) is 16.1 Å². The van der Waals surface area contributed by atoms with Gasteiger partial charge in [-0.3, -0.25) is 14.4 Å². The summed E-state index contributed by atoms with van der Waals surface area (Å²) in [4.78, 5) is 42.6. The molecule has 0 radical (unpaired) electrons. The van der Waals surface area contributed by atoms with Gasteiger partial charge in [0.25, 0.3) is 11.5 Å². The Balaban J connectivity index is 1.34. The zero-order chi connectivity index (χ0) is 27.7. The van der Waals surface area contributed by atoms with Gasteiger partial charge < -0.3 is 24.9 Å². The average Bonchev–Trinajstić information content (AvgIpc) is 3.20. The first-order chi connectivity index (χ1) is 18.8. The van der Waals surface area contributed by atoms with Crippen molar-refractivity contribution in [1.29, 1.82) is 0 Å². The van der Waals surface area contributed by atoms with Gasteiger partial charge in [-0.05, 0) is 70.8 Å². The number of aryl methyl sites for hydroxylation is 1. The number of fused-ring (bicyclic) bond motifs is 1. The van der Waals surface area contributed by atoms with Gasteiger partial charge in [-0.1, -0.05) is 18.2 Å². The monoisotopic (exact) mass is 550 g/mol. The molecule has 8 nitrogen and oxygen atoms in total. The maximum atomic E-state index is 13.6. The first-order valence-electron chi connectivity index (χ1n) is 13.8. The molecule has 0 unspecified atom stereocenters. The van der Waals surface area contributed by atoms with E-state index in [0.717, 1.165) is 52.9 Å². The second-order valence-corrected chi connectivity index (χ2v) is 11.8. The lowest BCUT2D eigenvalue weighted by molar-refractivity contribution is -0.130. The minimum absolute atomic E-state index is 0.0639. The molecule has 3 aromatic rings. The molecule has 1 saturated heterocycles. The summed E-state index contributed by atoms with van der Waals surface area (Å²) in [6.45, 7) is 7.50. The van der Waals surface area contributed by atoms with E-state index >= 15 is 0 Å². The van der Waals surface area contributed by atoms with Gasteiger partial charge >= 0.3 is 0 Å². The van der Waals surface area contributed by atoms with Gasteiger partial charge in [0.15, 0.2) is 0 Å². The molecule has 1 saturated carbocycles. The van der Waals surface area contributed by atoms with Crippen molar-refractivity contribution in [2.45, 2.75) is 70.0 Å². The van der Waals surface area contributed by atoms with Crippen LogP contribution >= 0.6 is 11.8 Å². The van der Waals surface area contributed by atoms with Gasteiger partial charge in [-0.15, -0.1) is 11.8 Å². The van der Waals surface area contributed by atoms with E-state index in [2.05, 4.69) is 33.2 Å². The number of nitrogens with zero attached hydrogens (tertiary/aromatic N) is 1. The Morgan fingerprint density at radius 3 is 2.54 bits per heavy atom. The molecule has 1 aromatic carbocycles. The Morgan fingerprint density at radius 2 is 1.87 bits per heavy atom. The summed E-state index contributed by atoms with van der Waals surface area (Å²) >= 11 is 1.50. The Labute approximate surface area is 233 Å². The van der Waals surface area contributed by atoms with E-state index in [9.17, 15) is 14.4 Å². The molecule has 2 fully saturated rings. The Hall–Kier alpha value is -3.04. The van der Waals surface area contributed by atoms with Crippen molar-refractivity contribution >= 4 is 34.5 Å². The highest BCUT2D eigenvalue weighted by Gasteiger charge is 2.33. The number of aromatic nitrogens is 2. The molecule has 0 spiro atoms. The molecule has 2 amide bonds. The number of H-pyrrole nitrogens is 1. The fourth-order valence-electron chi connectivity index (χ4n) is 6.21. The highest BCUT2D eigenvalue weighted by Crippen LogP contribution is 2.39. The van der Waals surface area contributed by atoms with Gasteiger partial charge in [-0.2, -0.15) is 0 Å². The number of pyridine rings is 1. The van der Waals surface area contributed by atoms with Gasteiger partial charge in [0, 0.05) is 51.3 Å². The third kappa shape index (κ3) is 5.52. The summed E-state index contributed by atoms with van der Waals surface area (Å²) in [5.74, 6) is 0.464. The van der Waals surface area contributed by atoms with Crippen molar-refractivity contribution < 1.29 is 14.3 Å². The largest absolute Gasteiger partial charge is 0.377 e. The van der Waals surface area contributed by atoms with Crippen LogP contribution in [0.3, 0.4) is 0 Å². The predicted octanol–water partition coefficient (Wildman–Crippen LogP) is 4.48. The summed E-state index contributed by atoms with van der Waals surface area (Å²) in [7, 11) is 0. The summed E-state index contributed by atoms with van der Waals surface area (Å²) in [6.07, 6.45) is 5.64. The van der Waals surface area contributed by atoms with Crippen LogP contribution in [0.15, 0.2) is 40.0 Å². The maximum Gasteiger partial charge on any atom is 0.254 e. The lowest BCUT2D eigenvalue weighted by atomic mass is 9.78. The number of nitrogens with one attached hydrogen (secondary N) is 3. The number of rotatable bonds is 8. The zero-order valence-electron chi connectivity index (χ0n) is 23.1. The first-order valence-corrected chi connectivity index (χ1v) is 15.0. The molecule has 9 heteroatoms. The van der Waals surface area contributed by atoms with E-state index in [1.165, 1.54) is 11.8 Å². The molecular formula is C30H38N4O4S. The van der Waals surface area contributed by atoms with E-state index in [1.54, 1.807) is 0 Å². The molecular weight excluding hydrogens is 512 g/mol. The van der Waals surface area contributed by atoms with E-state index in [0.29, 0.717) is 30.3 Å². The fraction of sp³-hybridized carbons (Fsp3) is 0.500. The van der Waals surface area contributed by atoms with E-state index in [-0.39, 0.29) is 41.9 Å². The minimum Gasteiger partial charge on any atom is -0.377 e. The predicted molar refractivity (Wildman–Crippen MR) is 154 cm³/mol. The van der Waals surface area contributed by atoms with Crippen LogP contribution in [0, 0.1) is 25.7 Å². The third-order valence-corrected chi connectivity index (χ3v) is 9.28. The maximum absolute atomic E-state index is 13.6. The molecule has 1 aliphatic carbocycles. The van der Waals surface area contributed by atoms with Gasteiger partial charge in [-0.25, -0.2) is 0 Å². The number of aromatic amines is 1. The molecule has 3 heterocycles. The second kappa shape index (κ2) is 11.6. The van der Waals surface area contributed by atoms with Crippen molar-refractivity contribution in [3.63, 3.8) is 0 Å². The lowest BCUT2D eigenvalue weighted by Crippen LogP contribution is -2.50. The number of thioether (sulfide) groups is 1. The standard InChI is InChI=1S/C30H38N4O4S/c1-17-13-26(39-4)24(29(36)32-17)14-31-30(37)27-19(3)34(25-8-6-5-7-23(25)27)18(2)20-9-11-21(12-10-20)28(35)33-22-15-38-16-22/h5-8,13,18,20-22H,9-12,14-16H2,1-4H3,(H,31,37)(H,32,36)(H,33,35)/t18-,20-,21+/m1/s1. The number of benzene rings is 1. The minimum atomic E-state index is -0.179. The third-order valence-electron chi connectivity index (χ3n) is 8.48. The number of para-hydroxylation sites is 1. The highest BCUT2D eigenvalue weighted by molar-refractivity contribution is 7.98. The van der Waals surface area contributed by atoms with Crippen molar-refractivity contribution in [2.24, 2.45) is 11.8 Å². The van der Waals surface area contributed by atoms with Crippen LogP contribution in [0.25, 0.3) is 10.9 Å². The number of amides is 2. The van der Waals surface area contributed by atoms with E-state index < -0.39 is 0 Å². The topological polar surface area (TPSA) is 105 Å². The van der Waals surface area contributed by atoms with Crippen molar-refractivity contribution in [1.82, 2.24) is 20.2 Å². The van der Waals surface area contributed by atoms with E-state index in [1.807, 2.05) is 44.4 Å². The molecule has 1 aliphatic heterocycles. The number of ether oxygens (including phenoxy) is 1. The van der Waals surface area contributed by atoms with Gasteiger partial charge in [0.05, 0.1) is 24.8 Å². The second-order valence-electron chi connectivity index (χ2n) is 11.0. The average molecular weight is 551 g/mol. The number of hydrogen-bond donors (Lipinski definition) is 3. The highest BCUT2D eigenvalue weighted by atomic mass is 32.2. The summed E-state index contributed by atoms with van der Waals surface area (Å²) in [6, 6.07) is 10.3. The number of carbonyl (C=O) groups is 2. The van der Waals surface area contributed by atoms with Gasteiger partial charge in [0.1, 0.15) is 0 Å². The normalized spacial score (nSPS) is 20.4.